The van der Waals surface area contributed by atoms with Gasteiger partial charge >= 0.3 is 0 Å². The maximum Gasteiger partial charge on any atom is -0.0288 e. The van der Waals surface area contributed by atoms with Crippen molar-refractivity contribution in [3.63, 3.8) is 0 Å². The number of allylic oxidation sites excluding steroid dienone is 15. The van der Waals surface area contributed by atoms with E-state index in [-0.39, 0.29) is 0 Å². The number of hydrogen-bond donors (Lipinski definition) is 0. The minimum Gasteiger partial charge on any atom is -0.100 e. The summed E-state index contributed by atoms with van der Waals surface area (Å²) in [7, 11) is 0. The van der Waals surface area contributed by atoms with Crippen LogP contribution in [0.4, 0.5) is 0 Å². The Kier molecular flexibility index (Phi) is 22.5. The van der Waals surface area contributed by atoms with Crippen molar-refractivity contribution in [3.05, 3.63) is 93.7 Å². The van der Waals surface area contributed by atoms with Crippen molar-refractivity contribution in [2.45, 2.75) is 152 Å². The molecule has 0 aliphatic rings. The van der Waals surface area contributed by atoms with Gasteiger partial charge < -0.3 is 0 Å². The van der Waals surface area contributed by atoms with Gasteiger partial charge in [-0.15, -0.1) is 6.58 Å². The van der Waals surface area contributed by atoms with E-state index in [1.165, 1.54) is 115 Å². The second-order valence-electron chi connectivity index (χ2n) is 12.3. The van der Waals surface area contributed by atoms with E-state index in [0.29, 0.717) is 0 Å². The van der Waals surface area contributed by atoms with Crippen molar-refractivity contribution in [1.29, 1.82) is 0 Å². The predicted molar refractivity (Wildman–Crippen MR) is 181 cm³/mol. The van der Waals surface area contributed by atoms with Crippen LogP contribution in [0.5, 0.6) is 0 Å². The molecule has 0 heterocycles. The van der Waals surface area contributed by atoms with Crippen molar-refractivity contribution < 1.29 is 0 Å². The smallest absolute Gasteiger partial charge is 0.0288 e. The standard InChI is InChI=1S/C39H64/c1-32(2)18-11-20-34(5)22-13-24-36(7)26-15-28-38(9)30-17-31-39(10)29-16-27-37(8)25-14-23-35(6)21-12-19-33(3)4/h19-20,23-24,27-28,31H,1,11-18,21-22,25-26,29-30H2,2-10H3/b34-20+,35-23+,36-24+,37-27+,38-28+,39-31+. The van der Waals surface area contributed by atoms with E-state index in [1.54, 1.807) is 0 Å². The van der Waals surface area contributed by atoms with Gasteiger partial charge in [0.25, 0.3) is 0 Å². The monoisotopic (exact) mass is 533 g/mol. The molecule has 0 unspecified atom stereocenters. The second-order valence-corrected chi connectivity index (χ2v) is 12.3. The highest BCUT2D eigenvalue weighted by Crippen LogP contribution is 2.16. The third kappa shape index (κ3) is 25.9. The van der Waals surface area contributed by atoms with E-state index in [9.17, 15) is 0 Å². The average molecular weight is 533 g/mol. The van der Waals surface area contributed by atoms with Gasteiger partial charge in [0.1, 0.15) is 0 Å². The lowest BCUT2D eigenvalue weighted by atomic mass is 10.0. The summed E-state index contributed by atoms with van der Waals surface area (Å²) in [6, 6.07) is 0. The minimum absolute atomic E-state index is 1.11. The first-order valence-corrected chi connectivity index (χ1v) is 15.7. The number of rotatable bonds is 21. The first-order chi connectivity index (χ1) is 18.5. The minimum atomic E-state index is 1.11. The van der Waals surface area contributed by atoms with Gasteiger partial charge in [0.2, 0.25) is 0 Å². The van der Waals surface area contributed by atoms with Crippen LogP contribution in [0.15, 0.2) is 93.7 Å². The topological polar surface area (TPSA) is 0 Å². The molecule has 0 aliphatic heterocycles. The maximum absolute atomic E-state index is 3.99. The van der Waals surface area contributed by atoms with Crippen LogP contribution in [0, 0.1) is 0 Å². The lowest BCUT2D eigenvalue weighted by Gasteiger charge is -2.04. The van der Waals surface area contributed by atoms with Crippen molar-refractivity contribution >= 4 is 0 Å². The van der Waals surface area contributed by atoms with Gasteiger partial charge in [-0.05, 0) is 152 Å². The predicted octanol–water partition coefficient (Wildman–Crippen LogP) is 13.7. The summed E-state index contributed by atoms with van der Waals surface area (Å²) in [5.41, 5.74) is 11.9. The van der Waals surface area contributed by atoms with E-state index in [0.717, 1.165) is 19.3 Å². The molecular weight excluding hydrogens is 468 g/mol. The Morgan fingerprint density at radius 1 is 0.333 bits per heavy atom. The van der Waals surface area contributed by atoms with Gasteiger partial charge in [-0.3, -0.25) is 0 Å². The van der Waals surface area contributed by atoms with Crippen LogP contribution in [-0.2, 0) is 0 Å². The van der Waals surface area contributed by atoms with E-state index in [2.05, 4.69) is 111 Å². The van der Waals surface area contributed by atoms with Gasteiger partial charge in [-0.2, -0.15) is 0 Å². The molecular formula is C39H64. The zero-order valence-electron chi connectivity index (χ0n) is 27.6. The van der Waals surface area contributed by atoms with Crippen LogP contribution >= 0.6 is 0 Å². The normalized spacial score (nSPS) is 14.2. The molecule has 39 heavy (non-hydrogen) atoms. The first kappa shape index (κ1) is 36.9. The molecule has 220 valence electrons. The summed E-state index contributed by atoms with van der Waals surface area (Å²) in [6.07, 6.45) is 33.3. The summed E-state index contributed by atoms with van der Waals surface area (Å²) in [5, 5.41) is 0. The first-order valence-electron chi connectivity index (χ1n) is 15.7. The maximum atomic E-state index is 3.99. The molecule has 0 nitrogen and oxygen atoms in total. The fraction of sp³-hybridized carbons (Fsp3) is 0.590. The molecule has 0 heteroatoms. The molecule has 0 aromatic heterocycles. The Bertz CT molecular complexity index is 900. The van der Waals surface area contributed by atoms with Crippen LogP contribution in [0.2, 0.25) is 0 Å². The SMILES string of the molecule is C=C(C)CC/C=C(\C)CC/C=C(\C)CC/C=C(\C)CC/C=C(\C)CC/C=C(\C)CC/C=C(\C)CCC=C(C)C. The lowest BCUT2D eigenvalue weighted by molar-refractivity contribution is 0.882. The van der Waals surface area contributed by atoms with Crippen LogP contribution < -0.4 is 0 Å². The Morgan fingerprint density at radius 3 is 0.744 bits per heavy atom. The molecule has 0 spiro atoms. The fourth-order valence-corrected chi connectivity index (χ4v) is 4.50. The summed E-state index contributed by atoms with van der Waals surface area (Å²) >= 11 is 0. The van der Waals surface area contributed by atoms with Gasteiger partial charge in [0.15, 0.2) is 0 Å². The van der Waals surface area contributed by atoms with Crippen LogP contribution in [-0.4, -0.2) is 0 Å². The summed E-state index contributed by atoms with van der Waals surface area (Å²) < 4.78 is 0. The molecule has 0 amide bonds. The largest absolute Gasteiger partial charge is 0.100 e. The van der Waals surface area contributed by atoms with Crippen LogP contribution in [0.3, 0.4) is 0 Å². The zero-order valence-corrected chi connectivity index (χ0v) is 27.6. The zero-order chi connectivity index (χ0) is 29.5. The average Bonchev–Trinajstić information content (AvgIpc) is 2.83. The molecule has 0 aliphatic carbocycles. The van der Waals surface area contributed by atoms with Crippen molar-refractivity contribution in [3.8, 4) is 0 Å². The molecule has 0 saturated heterocycles. The third-order valence-electron chi connectivity index (χ3n) is 7.31. The van der Waals surface area contributed by atoms with E-state index < -0.39 is 0 Å². The highest BCUT2D eigenvalue weighted by Gasteiger charge is 1.96. The highest BCUT2D eigenvalue weighted by molar-refractivity contribution is 5.09. The summed E-state index contributed by atoms with van der Waals surface area (Å²) in [6.45, 7) is 24.2. The second kappa shape index (κ2) is 23.8. The van der Waals surface area contributed by atoms with E-state index in [1.807, 2.05) is 0 Å². The number of hydrogen-bond acceptors (Lipinski definition) is 0. The molecule has 0 aromatic carbocycles. The van der Waals surface area contributed by atoms with Gasteiger partial charge in [-0.1, -0.05) is 87.1 Å². The van der Waals surface area contributed by atoms with Crippen molar-refractivity contribution in [1.82, 2.24) is 0 Å². The Labute approximate surface area is 245 Å². The van der Waals surface area contributed by atoms with Crippen LogP contribution in [0.1, 0.15) is 152 Å². The van der Waals surface area contributed by atoms with Crippen molar-refractivity contribution in [2.75, 3.05) is 0 Å². The highest BCUT2D eigenvalue weighted by atomic mass is 14.0. The molecule has 0 atom stereocenters. The van der Waals surface area contributed by atoms with Crippen molar-refractivity contribution in [2.24, 2.45) is 0 Å². The summed E-state index contributed by atoms with van der Waals surface area (Å²) in [5.74, 6) is 0. The fourth-order valence-electron chi connectivity index (χ4n) is 4.50. The molecule has 0 bridgehead atoms. The molecule has 0 N–H and O–H groups in total. The van der Waals surface area contributed by atoms with E-state index >= 15 is 0 Å². The Hall–Kier alpha value is -2.08. The lowest BCUT2D eigenvalue weighted by Crippen LogP contribution is -1.84. The molecule has 0 fully saturated rings. The van der Waals surface area contributed by atoms with Gasteiger partial charge in [0, 0.05) is 0 Å². The Morgan fingerprint density at radius 2 is 0.538 bits per heavy atom. The molecule has 0 aromatic rings. The van der Waals surface area contributed by atoms with Gasteiger partial charge in [0.05, 0.1) is 0 Å². The molecule has 0 rings (SSSR count). The van der Waals surface area contributed by atoms with E-state index in [4.69, 9.17) is 0 Å². The summed E-state index contributed by atoms with van der Waals surface area (Å²) in [4.78, 5) is 0. The Balaban J connectivity index is 4.16. The molecule has 0 radical (unpaired) electrons. The van der Waals surface area contributed by atoms with Crippen LogP contribution in [0.25, 0.3) is 0 Å². The van der Waals surface area contributed by atoms with Gasteiger partial charge in [-0.25, -0.2) is 0 Å². The third-order valence-corrected chi connectivity index (χ3v) is 7.31. The molecule has 0 saturated carbocycles. The quantitative estimate of drug-likeness (QED) is 0.129.